The number of amides is 2. The fourth-order valence-electron chi connectivity index (χ4n) is 3.05. The number of hydrogen-bond acceptors (Lipinski definition) is 3. The van der Waals surface area contributed by atoms with Crippen molar-refractivity contribution in [2.75, 3.05) is 25.0 Å². The molecule has 1 fully saturated rings. The lowest BCUT2D eigenvalue weighted by molar-refractivity contribution is -0.126. The van der Waals surface area contributed by atoms with Crippen LogP contribution in [0.2, 0.25) is 0 Å². The van der Waals surface area contributed by atoms with Crippen LogP contribution in [0.25, 0.3) is 0 Å². The van der Waals surface area contributed by atoms with E-state index < -0.39 is 0 Å². The number of para-hydroxylation sites is 1. The molecule has 2 rings (SSSR count). The second-order valence-corrected chi connectivity index (χ2v) is 5.94. The maximum absolute atomic E-state index is 12.8. The first kappa shape index (κ1) is 16.5. The van der Waals surface area contributed by atoms with Gasteiger partial charge in [0.15, 0.2) is 0 Å². The fourth-order valence-corrected chi connectivity index (χ4v) is 3.05. The molecule has 22 heavy (non-hydrogen) atoms. The van der Waals surface area contributed by atoms with Crippen molar-refractivity contribution in [3.63, 3.8) is 0 Å². The topological polar surface area (TPSA) is 52.7 Å². The third-order valence-corrected chi connectivity index (χ3v) is 4.07. The minimum atomic E-state index is -0.182. The van der Waals surface area contributed by atoms with Gasteiger partial charge in [0, 0.05) is 18.8 Å². The highest BCUT2D eigenvalue weighted by molar-refractivity contribution is 5.95. The highest BCUT2D eigenvalue weighted by atomic mass is 16.2. The standard InChI is InChI=1S/C17H25N3O2/c1-13(2)20(14-8-5-4-6-9-14)16(21)12-19-11-7-10-15(19)17(22)18-3/h4-6,8-9,13,15H,7,10-12H2,1-3H3,(H,18,22). The summed E-state index contributed by atoms with van der Waals surface area (Å²) in [5, 5.41) is 2.69. The molecule has 5 heteroatoms. The second-order valence-electron chi connectivity index (χ2n) is 5.94. The first-order valence-electron chi connectivity index (χ1n) is 7.87. The fraction of sp³-hybridized carbons (Fsp3) is 0.529. The maximum Gasteiger partial charge on any atom is 0.241 e. The number of carbonyl (C=O) groups excluding carboxylic acids is 2. The van der Waals surface area contributed by atoms with Gasteiger partial charge in [0.1, 0.15) is 0 Å². The van der Waals surface area contributed by atoms with Crippen molar-refractivity contribution in [1.82, 2.24) is 10.2 Å². The summed E-state index contributed by atoms with van der Waals surface area (Å²) in [6, 6.07) is 9.59. The third-order valence-electron chi connectivity index (χ3n) is 4.07. The zero-order valence-electron chi connectivity index (χ0n) is 13.6. The molecule has 1 heterocycles. The van der Waals surface area contributed by atoms with E-state index in [1.54, 1.807) is 11.9 Å². The molecule has 1 saturated heterocycles. The number of anilines is 1. The molecule has 1 atom stereocenters. The van der Waals surface area contributed by atoms with Crippen molar-refractivity contribution < 1.29 is 9.59 Å². The number of likely N-dealkylation sites (tertiary alicyclic amines) is 1. The predicted octanol–water partition coefficient (Wildman–Crippen LogP) is 1.64. The van der Waals surface area contributed by atoms with Crippen molar-refractivity contribution in [2.45, 2.75) is 38.8 Å². The molecular weight excluding hydrogens is 278 g/mol. The Morgan fingerprint density at radius 2 is 2.00 bits per heavy atom. The predicted molar refractivity (Wildman–Crippen MR) is 87.7 cm³/mol. The van der Waals surface area contributed by atoms with Crippen LogP contribution in [0, 0.1) is 0 Å². The van der Waals surface area contributed by atoms with Gasteiger partial charge in [-0.2, -0.15) is 0 Å². The third kappa shape index (κ3) is 3.65. The molecule has 2 amide bonds. The summed E-state index contributed by atoms with van der Waals surface area (Å²) in [6.45, 7) is 5.09. The molecule has 0 saturated carbocycles. The first-order valence-corrected chi connectivity index (χ1v) is 7.87. The minimum absolute atomic E-state index is 0.00103. The van der Waals surface area contributed by atoms with Gasteiger partial charge in [0.25, 0.3) is 0 Å². The van der Waals surface area contributed by atoms with Crippen LogP contribution in [-0.2, 0) is 9.59 Å². The van der Waals surface area contributed by atoms with E-state index in [9.17, 15) is 9.59 Å². The molecular formula is C17H25N3O2. The van der Waals surface area contributed by atoms with Crippen molar-refractivity contribution >= 4 is 17.5 Å². The Bertz CT molecular complexity index is 516. The Balaban J connectivity index is 2.10. The van der Waals surface area contributed by atoms with Gasteiger partial charge < -0.3 is 10.2 Å². The van der Waals surface area contributed by atoms with Crippen molar-refractivity contribution in [1.29, 1.82) is 0 Å². The zero-order valence-corrected chi connectivity index (χ0v) is 13.6. The average molecular weight is 303 g/mol. The van der Waals surface area contributed by atoms with E-state index in [1.165, 1.54) is 0 Å². The van der Waals surface area contributed by atoms with E-state index in [-0.39, 0.29) is 30.4 Å². The minimum Gasteiger partial charge on any atom is -0.358 e. The van der Waals surface area contributed by atoms with Gasteiger partial charge in [0.05, 0.1) is 12.6 Å². The lowest BCUT2D eigenvalue weighted by Crippen LogP contribution is -2.48. The van der Waals surface area contributed by atoms with E-state index >= 15 is 0 Å². The number of nitrogens with one attached hydrogen (secondary N) is 1. The molecule has 5 nitrogen and oxygen atoms in total. The van der Waals surface area contributed by atoms with E-state index in [0.29, 0.717) is 0 Å². The molecule has 1 N–H and O–H groups in total. The van der Waals surface area contributed by atoms with Crippen molar-refractivity contribution in [2.24, 2.45) is 0 Å². The molecule has 0 radical (unpaired) electrons. The normalized spacial score (nSPS) is 18.5. The Hall–Kier alpha value is -1.88. The molecule has 0 bridgehead atoms. The van der Waals surface area contributed by atoms with Crippen LogP contribution in [0.3, 0.4) is 0 Å². The summed E-state index contributed by atoms with van der Waals surface area (Å²) in [4.78, 5) is 28.4. The van der Waals surface area contributed by atoms with Crippen LogP contribution in [0.1, 0.15) is 26.7 Å². The second kappa shape index (κ2) is 7.40. The average Bonchev–Trinajstić information content (AvgIpc) is 2.95. The van der Waals surface area contributed by atoms with E-state index in [4.69, 9.17) is 0 Å². The summed E-state index contributed by atoms with van der Waals surface area (Å²) in [5.41, 5.74) is 0.901. The van der Waals surface area contributed by atoms with Crippen LogP contribution in [0.15, 0.2) is 30.3 Å². The number of hydrogen-bond donors (Lipinski definition) is 1. The van der Waals surface area contributed by atoms with Gasteiger partial charge in [-0.3, -0.25) is 14.5 Å². The molecule has 0 spiro atoms. The van der Waals surface area contributed by atoms with E-state index in [0.717, 1.165) is 25.1 Å². The van der Waals surface area contributed by atoms with Gasteiger partial charge >= 0.3 is 0 Å². The molecule has 0 aromatic heterocycles. The highest BCUT2D eigenvalue weighted by Crippen LogP contribution is 2.20. The number of rotatable bonds is 5. The van der Waals surface area contributed by atoms with Crippen LogP contribution in [-0.4, -0.2) is 48.9 Å². The number of nitrogens with zero attached hydrogens (tertiary/aromatic N) is 2. The van der Waals surface area contributed by atoms with Crippen molar-refractivity contribution in [3.05, 3.63) is 30.3 Å². The number of carbonyl (C=O) groups is 2. The molecule has 1 aromatic carbocycles. The molecule has 1 aromatic rings. The van der Waals surface area contributed by atoms with Crippen LogP contribution in [0.4, 0.5) is 5.69 Å². The summed E-state index contributed by atoms with van der Waals surface area (Å²) < 4.78 is 0. The SMILES string of the molecule is CNC(=O)C1CCCN1CC(=O)N(c1ccccc1)C(C)C. The summed E-state index contributed by atoms with van der Waals surface area (Å²) in [5.74, 6) is 0.0399. The highest BCUT2D eigenvalue weighted by Gasteiger charge is 2.32. The van der Waals surface area contributed by atoms with E-state index in [1.807, 2.05) is 49.1 Å². The molecule has 0 aliphatic carbocycles. The quantitative estimate of drug-likeness (QED) is 0.899. The summed E-state index contributed by atoms with van der Waals surface area (Å²) in [7, 11) is 1.64. The Morgan fingerprint density at radius 1 is 1.32 bits per heavy atom. The number of benzene rings is 1. The van der Waals surface area contributed by atoms with Gasteiger partial charge in [0.2, 0.25) is 11.8 Å². The van der Waals surface area contributed by atoms with Gasteiger partial charge in [-0.25, -0.2) is 0 Å². The summed E-state index contributed by atoms with van der Waals surface area (Å²) >= 11 is 0. The van der Waals surface area contributed by atoms with Gasteiger partial charge in [-0.05, 0) is 45.4 Å². The molecule has 1 aliphatic rings. The van der Waals surface area contributed by atoms with Gasteiger partial charge in [-0.15, -0.1) is 0 Å². The lowest BCUT2D eigenvalue weighted by atomic mass is 10.2. The van der Waals surface area contributed by atoms with Crippen LogP contribution >= 0.6 is 0 Å². The monoisotopic (exact) mass is 303 g/mol. The Morgan fingerprint density at radius 3 is 2.59 bits per heavy atom. The van der Waals surface area contributed by atoms with Gasteiger partial charge in [-0.1, -0.05) is 18.2 Å². The Labute approximate surface area is 132 Å². The van der Waals surface area contributed by atoms with Crippen LogP contribution < -0.4 is 10.2 Å². The summed E-state index contributed by atoms with van der Waals surface area (Å²) in [6.07, 6.45) is 1.78. The largest absolute Gasteiger partial charge is 0.358 e. The molecule has 1 unspecified atom stereocenters. The number of likely N-dealkylation sites (N-methyl/N-ethyl adjacent to an activating group) is 1. The molecule has 1 aliphatic heterocycles. The smallest absolute Gasteiger partial charge is 0.241 e. The zero-order chi connectivity index (χ0) is 16.1. The lowest BCUT2D eigenvalue weighted by Gasteiger charge is -2.30. The Kier molecular flexibility index (Phi) is 5.55. The first-order chi connectivity index (χ1) is 10.5. The van der Waals surface area contributed by atoms with Crippen LogP contribution in [0.5, 0.6) is 0 Å². The maximum atomic E-state index is 12.8. The van der Waals surface area contributed by atoms with Crippen molar-refractivity contribution in [3.8, 4) is 0 Å². The van der Waals surface area contributed by atoms with E-state index in [2.05, 4.69) is 5.32 Å². The molecule has 120 valence electrons.